The maximum absolute atomic E-state index is 10.9. The summed E-state index contributed by atoms with van der Waals surface area (Å²) in [5, 5.41) is 19.5. The fraction of sp³-hybridized carbons (Fsp3) is 0.273. The first-order chi connectivity index (χ1) is 9.01. The van der Waals surface area contributed by atoms with E-state index in [1.807, 2.05) is 0 Å². The molecule has 1 atom stereocenters. The molecular formula is C11H11N3O4S. The number of benzene rings is 1. The van der Waals surface area contributed by atoms with E-state index in [1.54, 1.807) is 13.0 Å². The van der Waals surface area contributed by atoms with Crippen molar-refractivity contribution < 1.29 is 14.8 Å². The Bertz CT molecular complexity index is 640. The number of carboxylic acid groups (broad SMARTS) is 1. The predicted octanol–water partition coefficient (Wildman–Crippen LogP) is 2.43. The summed E-state index contributed by atoms with van der Waals surface area (Å²) in [6.07, 6.45) is 0.469. The smallest absolute Gasteiger partial charge is 0.317 e. The number of thioether (sulfide) groups is 1. The minimum atomic E-state index is -0.904. The molecule has 19 heavy (non-hydrogen) atoms. The number of non-ortho nitro benzene ring substituents is 1. The molecule has 0 fully saturated rings. The van der Waals surface area contributed by atoms with E-state index < -0.39 is 16.1 Å². The van der Waals surface area contributed by atoms with Crippen LogP contribution in [0.1, 0.15) is 13.3 Å². The third kappa shape index (κ3) is 2.84. The molecule has 0 aliphatic carbocycles. The van der Waals surface area contributed by atoms with E-state index in [1.165, 1.54) is 12.1 Å². The molecule has 0 saturated heterocycles. The average molecular weight is 281 g/mol. The number of nitro groups is 1. The van der Waals surface area contributed by atoms with Gasteiger partial charge in [-0.3, -0.25) is 14.9 Å². The number of rotatable bonds is 5. The number of nitrogens with zero attached hydrogens (tertiary/aromatic N) is 2. The fourth-order valence-electron chi connectivity index (χ4n) is 1.58. The minimum absolute atomic E-state index is 0.0409. The number of hydrogen-bond donors (Lipinski definition) is 2. The van der Waals surface area contributed by atoms with Gasteiger partial charge in [0.05, 0.1) is 16.0 Å². The van der Waals surface area contributed by atoms with Gasteiger partial charge in [-0.2, -0.15) is 0 Å². The van der Waals surface area contributed by atoms with Gasteiger partial charge in [0.2, 0.25) is 0 Å². The van der Waals surface area contributed by atoms with Gasteiger partial charge in [-0.1, -0.05) is 18.7 Å². The van der Waals surface area contributed by atoms with Gasteiger partial charge < -0.3 is 10.1 Å². The minimum Gasteiger partial charge on any atom is -0.480 e. The van der Waals surface area contributed by atoms with Gasteiger partial charge in [0.1, 0.15) is 5.25 Å². The fourth-order valence-corrected chi connectivity index (χ4v) is 2.44. The number of carboxylic acids is 1. The summed E-state index contributed by atoms with van der Waals surface area (Å²) in [6.45, 7) is 1.78. The molecule has 0 aliphatic rings. The van der Waals surface area contributed by atoms with Crippen molar-refractivity contribution in [3.63, 3.8) is 0 Å². The molecule has 0 aliphatic heterocycles. The maximum atomic E-state index is 10.9. The molecule has 7 nitrogen and oxygen atoms in total. The molecular weight excluding hydrogens is 270 g/mol. The molecule has 1 aromatic heterocycles. The highest BCUT2D eigenvalue weighted by molar-refractivity contribution is 8.00. The topological polar surface area (TPSA) is 109 Å². The number of aromatic amines is 1. The van der Waals surface area contributed by atoms with Crippen molar-refractivity contribution in [2.45, 2.75) is 23.8 Å². The van der Waals surface area contributed by atoms with Crippen molar-refractivity contribution >= 4 is 34.5 Å². The van der Waals surface area contributed by atoms with Crippen LogP contribution in [0.15, 0.2) is 23.4 Å². The van der Waals surface area contributed by atoms with Crippen LogP contribution in [-0.4, -0.2) is 31.2 Å². The number of aliphatic carboxylic acids is 1. The number of aromatic nitrogens is 2. The molecule has 1 heterocycles. The van der Waals surface area contributed by atoms with E-state index >= 15 is 0 Å². The Morgan fingerprint density at radius 2 is 2.37 bits per heavy atom. The lowest BCUT2D eigenvalue weighted by Crippen LogP contribution is -2.14. The first-order valence-electron chi connectivity index (χ1n) is 5.55. The van der Waals surface area contributed by atoms with E-state index in [9.17, 15) is 14.9 Å². The van der Waals surface area contributed by atoms with E-state index in [2.05, 4.69) is 9.97 Å². The average Bonchev–Trinajstić information content (AvgIpc) is 2.76. The number of fused-ring (bicyclic) bond motifs is 1. The third-order valence-electron chi connectivity index (χ3n) is 2.56. The molecule has 0 amide bonds. The van der Waals surface area contributed by atoms with Gasteiger partial charge in [-0.15, -0.1) is 0 Å². The number of imidazole rings is 1. The van der Waals surface area contributed by atoms with Crippen LogP contribution in [-0.2, 0) is 4.79 Å². The van der Waals surface area contributed by atoms with Crippen molar-refractivity contribution in [1.29, 1.82) is 0 Å². The van der Waals surface area contributed by atoms with Crippen LogP contribution >= 0.6 is 11.8 Å². The normalized spacial score (nSPS) is 12.5. The van der Waals surface area contributed by atoms with Crippen LogP contribution in [0.2, 0.25) is 0 Å². The number of nitrogens with one attached hydrogen (secondary N) is 1. The lowest BCUT2D eigenvalue weighted by molar-refractivity contribution is -0.384. The third-order valence-corrected chi connectivity index (χ3v) is 3.79. The van der Waals surface area contributed by atoms with Gasteiger partial charge >= 0.3 is 5.97 Å². The lowest BCUT2D eigenvalue weighted by Gasteiger charge is -2.05. The van der Waals surface area contributed by atoms with Crippen LogP contribution < -0.4 is 0 Å². The summed E-state index contributed by atoms with van der Waals surface area (Å²) >= 11 is 1.10. The van der Waals surface area contributed by atoms with Crippen molar-refractivity contribution in [2.75, 3.05) is 0 Å². The molecule has 0 bridgehead atoms. The van der Waals surface area contributed by atoms with Gasteiger partial charge in [-0.25, -0.2) is 4.98 Å². The second-order valence-corrected chi connectivity index (χ2v) is 5.04. The van der Waals surface area contributed by atoms with Crippen LogP contribution in [0, 0.1) is 10.1 Å². The monoisotopic (exact) mass is 281 g/mol. The zero-order valence-corrected chi connectivity index (χ0v) is 10.8. The predicted molar refractivity (Wildman–Crippen MR) is 70.3 cm³/mol. The first kappa shape index (κ1) is 13.3. The summed E-state index contributed by atoms with van der Waals surface area (Å²) in [7, 11) is 0. The van der Waals surface area contributed by atoms with Gasteiger partial charge in [0.25, 0.3) is 5.69 Å². The molecule has 0 radical (unpaired) electrons. The maximum Gasteiger partial charge on any atom is 0.317 e. The highest BCUT2D eigenvalue weighted by Crippen LogP contribution is 2.27. The standard InChI is InChI=1S/C11H11N3O4S/c1-2-9(10(15)16)19-11-12-7-4-3-6(14(17)18)5-8(7)13-11/h3-5,9H,2H2,1H3,(H,12,13)(H,15,16). The second kappa shape index (κ2) is 5.27. The summed E-state index contributed by atoms with van der Waals surface area (Å²) in [6, 6.07) is 4.30. The Balaban J connectivity index is 2.31. The SMILES string of the molecule is CCC(Sc1nc2cc([N+](=O)[O-])ccc2[nH]1)C(=O)O. The summed E-state index contributed by atoms with van der Waals surface area (Å²) in [5.74, 6) is -0.904. The van der Waals surface area contributed by atoms with Crippen molar-refractivity contribution in [3.8, 4) is 0 Å². The van der Waals surface area contributed by atoms with E-state index in [4.69, 9.17) is 5.11 Å². The molecule has 100 valence electrons. The first-order valence-corrected chi connectivity index (χ1v) is 6.43. The molecule has 1 unspecified atom stereocenters. The van der Waals surface area contributed by atoms with Crippen LogP contribution in [0.25, 0.3) is 11.0 Å². The number of nitro benzene ring substituents is 1. The van der Waals surface area contributed by atoms with Crippen LogP contribution in [0.3, 0.4) is 0 Å². The Hall–Kier alpha value is -2.09. The lowest BCUT2D eigenvalue weighted by atomic mass is 10.3. The van der Waals surface area contributed by atoms with Gasteiger partial charge in [-0.05, 0) is 12.5 Å². The van der Waals surface area contributed by atoms with Gasteiger partial charge in [0, 0.05) is 12.1 Å². The number of carbonyl (C=O) groups is 1. The molecule has 2 aromatic rings. The number of hydrogen-bond acceptors (Lipinski definition) is 5. The molecule has 2 rings (SSSR count). The molecule has 2 N–H and O–H groups in total. The van der Waals surface area contributed by atoms with E-state index in [-0.39, 0.29) is 5.69 Å². The Morgan fingerprint density at radius 1 is 1.63 bits per heavy atom. The van der Waals surface area contributed by atoms with Crippen LogP contribution in [0.4, 0.5) is 5.69 Å². The molecule has 0 saturated carbocycles. The van der Waals surface area contributed by atoms with Crippen molar-refractivity contribution in [2.24, 2.45) is 0 Å². The molecule has 1 aromatic carbocycles. The Kier molecular flexibility index (Phi) is 3.70. The zero-order valence-electron chi connectivity index (χ0n) is 9.99. The highest BCUT2D eigenvalue weighted by Gasteiger charge is 2.19. The molecule has 0 spiro atoms. The van der Waals surface area contributed by atoms with Crippen molar-refractivity contribution in [3.05, 3.63) is 28.3 Å². The van der Waals surface area contributed by atoms with Crippen molar-refractivity contribution in [1.82, 2.24) is 9.97 Å². The zero-order chi connectivity index (χ0) is 14.0. The molecule has 8 heteroatoms. The van der Waals surface area contributed by atoms with E-state index in [0.717, 1.165) is 11.8 Å². The van der Waals surface area contributed by atoms with Gasteiger partial charge in [0.15, 0.2) is 5.16 Å². The van der Waals surface area contributed by atoms with Crippen LogP contribution in [0.5, 0.6) is 0 Å². The summed E-state index contributed by atoms with van der Waals surface area (Å²) in [5.41, 5.74) is 1.06. The number of H-pyrrole nitrogens is 1. The quantitative estimate of drug-likeness (QED) is 0.495. The second-order valence-electron chi connectivity index (χ2n) is 3.85. The largest absolute Gasteiger partial charge is 0.480 e. The Labute approximate surface area is 112 Å². The summed E-state index contributed by atoms with van der Waals surface area (Å²) < 4.78 is 0. The Morgan fingerprint density at radius 3 is 2.95 bits per heavy atom. The highest BCUT2D eigenvalue weighted by atomic mass is 32.2. The summed E-state index contributed by atoms with van der Waals surface area (Å²) in [4.78, 5) is 28.2. The van der Waals surface area contributed by atoms with E-state index in [0.29, 0.717) is 22.6 Å².